The van der Waals surface area contributed by atoms with Crippen LogP contribution < -0.4 is 24.6 Å². The second-order valence-electron chi connectivity index (χ2n) is 22.9. The summed E-state index contributed by atoms with van der Waals surface area (Å²) in [6.07, 6.45) is 9.68. The van der Waals surface area contributed by atoms with Gasteiger partial charge in [0, 0.05) is 88.4 Å². The molecule has 5 saturated heterocycles. The molecule has 18 nitrogen and oxygen atoms in total. The van der Waals surface area contributed by atoms with Gasteiger partial charge in [-0.05, 0) is 144 Å². The summed E-state index contributed by atoms with van der Waals surface area (Å²) in [5, 5.41) is 4.66. The highest BCUT2D eigenvalue weighted by Gasteiger charge is 2.45. The molecular weight excluding hydrogens is 996 g/mol. The number of amides is 4. The van der Waals surface area contributed by atoms with E-state index in [1.807, 2.05) is 62.1 Å². The maximum atomic E-state index is 17.7. The predicted molar refractivity (Wildman–Crippen MR) is 294 cm³/mol. The van der Waals surface area contributed by atoms with Crippen molar-refractivity contribution < 1.29 is 42.5 Å². The average molecular weight is 1070 g/mol. The lowest BCUT2D eigenvalue weighted by Gasteiger charge is -2.42. The minimum atomic E-state index is -0.622. The van der Waals surface area contributed by atoms with E-state index in [1.165, 1.54) is 0 Å². The summed E-state index contributed by atoms with van der Waals surface area (Å²) in [4.78, 5) is 78.8. The number of ether oxygens (including phenoxy) is 4. The summed E-state index contributed by atoms with van der Waals surface area (Å²) in [6.45, 7) is 16.2. The number of pyridine rings is 1. The number of carbonyl (C=O) groups excluding carboxylic acids is 4. The molecule has 5 fully saturated rings. The van der Waals surface area contributed by atoms with E-state index in [0.29, 0.717) is 60.7 Å². The Balaban J connectivity index is 0.739. The molecule has 414 valence electrons. The van der Waals surface area contributed by atoms with Gasteiger partial charge in [-0.3, -0.25) is 39.4 Å². The van der Waals surface area contributed by atoms with E-state index in [0.717, 1.165) is 125 Å². The number of hydrogen-bond acceptors (Lipinski definition) is 15. The van der Waals surface area contributed by atoms with Crippen LogP contribution in [0.5, 0.6) is 11.8 Å². The van der Waals surface area contributed by atoms with Gasteiger partial charge in [-0.25, -0.2) is 9.18 Å². The molecule has 2 unspecified atom stereocenters. The Morgan fingerprint density at radius 3 is 2.41 bits per heavy atom. The summed E-state index contributed by atoms with van der Waals surface area (Å²) < 4.78 is 41.2. The number of benzene rings is 3. The zero-order valence-electron chi connectivity index (χ0n) is 45.7. The predicted octanol–water partition coefficient (Wildman–Crippen LogP) is 7.71. The van der Waals surface area contributed by atoms with Gasteiger partial charge in [0.1, 0.15) is 41.0 Å². The first-order chi connectivity index (χ1) is 37.7. The van der Waals surface area contributed by atoms with E-state index in [4.69, 9.17) is 33.9 Å². The van der Waals surface area contributed by atoms with Crippen molar-refractivity contribution in [1.82, 2.24) is 39.9 Å². The maximum Gasteiger partial charge on any atom is 0.410 e. The van der Waals surface area contributed by atoms with Crippen LogP contribution in [-0.4, -0.2) is 168 Å². The fourth-order valence-electron chi connectivity index (χ4n) is 12.7. The van der Waals surface area contributed by atoms with Gasteiger partial charge in [-0.15, -0.1) is 0 Å². The van der Waals surface area contributed by atoms with Crippen LogP contribution in [0, 0.1) is 5.82 Å². The molecule has 2 bridgehead atoms. The molecule has 11 rings (SSSR count). The zero-order chi connectivity index (χ0) is 54.2. The third-order valence-corrected chi connectivity index (χ3v) is 16.6. The summed E-state index contributed by atoms with van der Waals surface area (Å²) >= 11 is 0. The molecule has 4 atom stereocenters. The molecule has 78 heavy (non-hydrogen) atoms. The zero-order valence-corrected chi connectivity index (χ0v) is 45.7. The number of halogens is 1. The number of piperazine rings is 2. The Labute approximate surface area is 455 Å². The Hall–Kier alpha value is -6.70. The van der Waals surface area contributed by atoms with Crippen molar-refractivity contribution in [3.63, 3.8) is 0 Å². The molecule has 0 radical (unpaired) electrons. The van der Waals surface area contributed by atoms with Gasteiger partial charge in [-0.1, -0.05) is 31.5 Å². The largest absolute Gasteiger partial charge is 0.468 e. The molecule has 6 aliphatic heterocycles. The number of aryl methyl sites for hydroxylation is 1. The monoisotopic (exact) mass is 1070 g/mol. The number of likely N-dealkylation sites (tertiary alicyclic amines) is 1. The number of unbranched alkanes of at least 4 members (excludes halogenated alkanes) is 2. The molecule has 2 aromatic heterocycles. The van der Waals surface area contributed by atoms with Crippen LogP contribution in [0.25, 0.3) is 32.9 Å². The highest BCUT2D eigenvalue weighted by molar-refractivity contribution is 6.06. The van der Waals surface area contributed by atoms with E-state index in [9.17, 15) is 19.2 Å². The van der Waals surface area contributed by atoms with Gasteiger partial charge in [0.15, 0.2) is 12.6 Å². The van der Waals surface area contributed by atoms with Gasteiger partial charge < -0.3 is 33.6 Å². The highest BCUT2D eigenvalue weighted by atomic mass is 19.1. The molecule has 19 heteroatoms. The summed E-state index contributed by atoms with van der Waals surface area (Å²) in [5.41, 5.74) is 3.97. The molecular formula is C59H73FN10O8. The Morgan fingerprint density at radius 2 is 1.65 bits per heavy atom. The van der Waals surface area contributed by atoms with E-state index < -0.39 is 23.4 Å². The molecule has 3 aromatic carbocycles. The number of carbonyl (C=O) groups is 4. The van der Waals surface area contributed by atoms with Crippen molar-refractivity contribution in [1.29, 1.82) is 0 Å². The number of anilines is 2. The Kier molecular flexibility index (Phi) is 15.4. The first kappa shape index (κ1) is 53.3. The lowest BCUT2D eigenvalue weighted by molar-refractivity contribution is -0.136. The minimum Gasteiger partial charge on any atom is -0.468 e. The fourth-order valence-corrected chi connectivity index (χ4v) is 12.7. The summed E-state index contributed by atoms with van der Waals surface area (Å²) in [5.74, 6) is -0.328. The number of nitrogens with zero attached hydrogens (tertiary/aromatic N) is 9. The van der Waals surface area contributed by atoms with E-state index in [1.54, 1.807) is 18.2 Å². The third-order valence-electron chi connectivity index (χ3n) is 16.6. The summed E-state index contributed by atoms with van der Waals surface area (Å²) in [7, 11) is 1.56. The first-order valence-electron chi connectivity index (χ1n) is 28.2. The minimum absolute atomic E-state index is 0.0358. The van der Waals surface area contributed by atoms with Gasteiger partial charge in [0.05, 0.1) is 17.5 Å². The SMILES string of the molecule is CCc1cccc2cc(OCOC)cc(-c3ncc4c(N5CC6CCC(C5)N6C(=O)OC(C)(C)C)nc(OC[C@@H]5CCCN5CCCCCN5CCN(c6ccc7c(c6)CN([C@H]6CCC(=O)NC6=O)C7=O)CC5)nc4c3F)c12. The van der Waals surface area contributed by atoms with Crippen molar-refractivity contribution in [2.45, 2.75) is 128 Å². The van der Waals surface area contributed by atoms with Crippen molar-refractivity contribution >= 4 is 57.0 Å². The lowest BCUT2D eigenvalue weighted by Crippen LogP contribution is -2.57. The van der Waals surface area contributed by atoms with Crippen LogP contribution in [0.4, 0.5) is 20.7 Å². The van der Waals surface area contributed by atoms with Crippen LogP contribution in [0.1, 0.15) is 107 Å². The Morgan fingerprint density at radius 1 is 0.859 bits per heavy atom. The van der Waals surface area contributed by atoms with Gasteiger partial charge in [-0.2, -0.15) is 9.97 Å². The molecule has 0 spiro atoms. The van der Waals surface area contributed by atoms with Crippen molar-refractivity contribution in [3.8, 4) is 23.0 Å². The number of nitrogens with one attached hydrogen (secondary N) is 1. The van der Waals surface area contributed by atoms with Crippen molar-refractivity contribution in [2.24, 2.45) is 0 Å². The summed E-state index contributed by atoms with van der Waals surface area (Å²) in [6, 6.07) is 15.3. The standard InChI is InChI=1S/C59H73FN10O8/c1-6-37-12-10-13-38-29-44(77-36-75-5)30-46(50(37)38)52-51(60)53-47(31-61-52)54(68-33-41-15-16-42(34-68)70(41)58(74)78-59(2,3)4)64-57(63-53)76-35-43-14-11-23-66(43)22-9-7-8-21-65-24-26-67(27-25-65)40-17-18-45-39(28-40)32-69(56(45)73)48-19-20-49(71)62-55(48)72/h10,12-13,17-18,28-31,41-43,48H,6-9,11,14-16,19-27,32-36H2,1-5H3,(H,62,71,72)/t41?,42?,43-,48-/m0/s1. The topological polar surface area (TPSA) is 175 Å². The number of rotatable bonds is 17. The number of methoxy groups -OCH3 is 1. The molecule has 5 aromatic rings. The number of fused-ring (bicyclic) bond motifs is 5. The van der Waals surface area contributed by atoms with Crippen molar-refractivity contribution in [3.05, 3.63) is 77.2 Å². The van der Waals surface area contributed by atoms with Crippen LogP contribution >= 0.6 is 0 Å². The Bertz CT molecular complexity index is 3080. The first-order valence-corrected chi connectivity index (χ1v) is 28.2. The molecule has 4 amide bonds. The van der Waals surface area contributed by atoms with E-state index in [-0.39, 0.29) is 66.5 Å². The molecule has 8 heterocycles. The normalized spacial score (nSPS) is 22.0. The van der Waals surface area contributed by atoms with E-state index in [2.05, 4.69) is 44.0 Å². The fraction of sp³-hybridized carbons (Fsp3) is 0.542. The number of piperidine rings is 1. The van der Waals surface area contributed by atoms with Crippen LogP contribution in [0.15, 0.2) is 54.7 Å². The number of hydrogen-bond donors (Lipinski definition) is 1. The molecule has 0 aliphatic carbocycles. The number of imide groups is 1. The molecule has 1 N–H and O–H groups in total. The lowest BCUT2D eigenvalue weighted by atomic mass is 9.95. The van der Waals surface area contributed by atoms with Crippen LogP contribution in [0.2, 0.25) is 0 Å². The third kappa shape index (κ3) is 11.0. The average Bonchev–Trinajstić information content (AvgIpc) is 4.10. The quantitative estimate of drug-likeness (QED) is 0.0544. The van der Waals surface area contributed by atoms with E-state index >= 15 is 4.39 Å². The highest BCUT2D eigenvalue weighted by Crippen LogP contribution is 2.41. The molecule has 6 aliphatic rings. The number of aromatic nitrogens is 3. The smallest absolute Gasteiger partial charge is 0.410 e. The van der Waals surface area contributed by atoms with Crippen LogP contribution in [0.3, 0.4) is 0 Å². The van der Waals surface area contributed by atoms with Gasteiger partial charge in [0.2, 0.25) is 11.8 Å². The van der Waals surface area contributed by atoms with Crippen molar-refractivity contribution in [2.75, 3.05) is 89.2 Å². The molecule has 0 saturated carbocycles. The second kappa shape index (κ2) is 22.6. The van der Waals surface area contributed by atoms with Gasteiger partial charge in [0.25, 0.3) is 5.91 Å². The second-order valence-corrected chi connectivity index (χ2v) is 22.9. The maximum absolute atomic E-state index is 17.7. The van der Waals surface area contributed by atoms with Crippen LogP contribution in [-0.2, 0) is 32.0 Å². The van der Waals surface area contributed by atoms with Gasteiger partial charge >= 0.3 is 12.1 Å².